The van der Waals surface area contributed by atoms with E-state index in [1.54, 1.807) is 0 Å². The first-order valence-electron chi connectivity index (χ1n) is 4.53. The van der Waals surface area contributed by atoms with E-state index in [4.69, 9.17) is 24.6 Å². The number of rotatable bonds is 2. The Kier molecular flexibility index (Phi) is 9.27. The summed E-state index contributed by atoms with van der Waals surface area (Å²) in [7, 11) is 9.75. The van der Waals surface area contributed by atoms with E-state index in [2.05, 4.69) is 18.7 Å². The van der Waals surface area contributed by atoms with Crippen molar-refractivity contribution in [1.29, 1.82) is 0 Å². The molecule has 0 aromatic rings. The maximum absolute atomic E-state index is 5.91. The second-order valence-corrected chi connectivity index (χ2v) is 6.38. The summed E-state index contributed by atoms with van der Waals surface area (Å²) in [5.41, 5.74) is 5.91. The van der Waals surface area contributed by atoms with Crippen LogP contribution in [0, 0.1) is 0 Å². The van der Waals surface area contributed by atoms with Crippen molar-refractivity contribution in [2.24, 2.45) is 5.73 Å². The second-order valence-electron chi connectivity index (χ2n) is 3.10. The number of hydrogen-bond acceptors (Lipinski definition) is 2. The van der Waals surface area contributed by atoms with E-state index in [-0.39, 0.29) is 0 Å². The molecule has 0 spiro atoms. The van der Waals surface area contributed by atoms with Crippen molar-refractivity contribution in [3.05, 3.63) is 0 Å². The van der Waals surface area contributed by atoms with Gasteiger partial charge in [0.25, 0.3) is 0 Å². The van der Waals surface area contributed by atoms with Crippen LogP contribution in [0.1, 0.15) is 26.7 Å². The third-order valence-corrected chi connectivity index (χ3v) is 2.54. The van der Waals surface area contributed by atoms with E-state index in [9.17, 15) is 0 Å². The van der Waals surface area contributed by atoms with Crippen LogP contribution < -0.4 is 5.73 Å². The van der Waals surface area contributed by atoms with Gasteiger partial charge in [-0.3, -0.25) is 4.90 Å². The van der Waals surface area contributed by atoms with Gasteiger partial charge in [-0.1, -0.05) is 13.8 Å². The zero-order valence-corrected chi connectivity index (χ0v) is 11.9. The molecule has 1 aliphatic heterocycles. The van der Waals surface area contributed by atoms with Gasteiger partial charge in [0, 0.05) is 18.6 Å². The fourth-order valence-electron chi connectivity index (χ4n) is 1.90. The van der Waals surface area contributed by atoms with E-state index in [0.29, 0.717) is 12.1 Å². The summed E-state index contributed by atoms with van der Waals surface area (Å²) in [4.78, 5) is 2.48. The molecule has 13 heavy (non-hydrogen) atoms. The van der Waals surface area contributed by atoms with Crippen LogP contribution in [-0.4, -0.2) is 30.1 Å². The predicted octanol–water partition coefficient (Wildman–Crippen LogP) is 2.19. The van der Waals surface area contributed by atoms with Crippen LogP contribution >= 0.6 is 18.8 Å². The first-order chi connectivity index (χ1) is 6.21. The van der Waals surface area contributed by atoms with Crippen LogP contribution in [0.15, 0.2) is 0 Å². The molecule has 0 bridgehead atoms. The standard InChI is InChI=1S/C8H18N2.2ClH.Pt/c1-3-8-7(9)5-6-10(8)4-2;;;/h7-8H,3-6,9H2,1-2H3;2*1H;/q;;;+2/p-2/t7-,8-;;;/m1.../s1. The Balaban J connectivity index is 0.000000424. The molecule has 84 valence electrons. The molecular formula is C8H18Cl2N2Pt. The molecule has 0 aliphatic carbocycles. The van der Waals surface area contributed by atoms with Crippen LogP contribution in [0.25, 0.3) is 0 Å². The van der Waals surface area contributed by atoms with E-state index in [1.165, 1.54) is 19.4 Å². The number of likely N-dealkylation sites (N-methyl/N-ethyl adjacent to an activating group) is 1. The van der Waals surface area contributed by atoms with Crippen molar-refractivity contribution >= 4 is 18.8 Å². The molecule has 0 radical (unpaired) electrons. The Labute approximate surface area is 97.5 Å². The molecule has 0 aromatic heterocycles. The summed E-state index contributed by atoms with van der Waals surface area (Å²) in [6.45, 7) is 6.79. The summed E-state index contributed by atoms with van der Waals surface area (Å²) in [6, 6.07) is 1.09. The quantitative estimate of drug-likeness (QED) is 0.760. The normalized spacial score (nSPS) is 28.7. The average molecular weight is 408 g/mol. The van der Waals surface area contributed by atoms with Gasteiger partial charge in [0.05, 0.1) is 0 Å². The molecule has 1 rings (SSSR count). The molecule has 0 saturated carbocycles. The van der Waals surface area contributed by atoms with E-state index in [1.807, 2.05) is 0 Å². The van der Waals surface area contributed by atoms with Gasteiger partial charge in [-0.15, -0.1) is 0 Å². The molecule has 0 unspecified atom stereocenters. The van der Waals surface area contributed by atoms with Gasteiger partial charge in [-0.05, 0) is 19.4 Å². The minimum absolute atomic E-state index is 0.435. The molecular weight excluding hydrogens is 390 g/mol. The topological polar surface area (TPSA) is 29.3 Å². The molecule has 2 nitrogen and oxygen atoms in total. The van der Waals surface area contributed by atoms with Crippen LogP contribution in [0.4, 0.5) is 0 Å². The van der Waals surface area contributed by atoms with E-state index in [0.717, 1.165) is 6.54 Å². The van der Waals surface area contributed by atoms with Gasteiger partial charge in [-0.25, -0.2) is 0 Å². The number of hydrogen-bond donors (Lipinski definition) is 1. The second kappa shape index (κ2) is 8.49. The monoisotopic (exact) mass is 407 g/mol. The summed E-state index contributed by atoms with van der Waals surface area (Å²) in [5, 5.41) is 0. The summed E-state index contributed by atoms with van der Waals surface area (Å²) < 4.78 is 0. The van der Waals surface area contributed by atoms with E-state index < -0.39 is 16.5 Å². The number of likely N-dealkylation sites (tertiary alicyclic amines) is 1. The molecule has 2 atom stereocenters. The van der Waals surface area contributed by atoms with Gasteiger partial charge in [0.15, 0.2) is 0 Å². The van der Waals surface area contributed by atoms with E-state index >= 15 is 0 Å². The maximum atomic E-state index is 5.91. The third kappa shape index (κ3) is 4.99. The molecule has 5 heteroatoms. The summed E-state index contributed by atoms with van der Waals surface area (Å²) in [5.74, 6) is 0. The number of nitrogens with zero attached hydrogens (tertiary/aromatic N) is 1. The molecule has 1 fully saturated rings. The van der Waals surface area contributed by atoms with Gasteiger partial charge in [0.1, 0.15) is 0 Å². The molecule has 0 amide bonds. The van der Waals surface area contributed by atoms with Crippen LogP contribution in [0.3, 0.4) is 0 Å². The van der Waals surface area contributed by atoms with Gasteiger partial charge < -0.3 is 5.73 Å². The Morgan fingerprint density at radius 1 is 1.46 bits per heavy atom. The summed E-state index contributed by atoms with van der Waals surface area (Å²) in [6.07, 6.45) is 2.39. The first-order valence-corrected chi connectivity index (χ1v) is 10.2. The van der Waals surface area contributed by atoms with Gasteiger partial charge in [-0.2, -0.15) is 0 Å². The Morgan fingerprint density at radius 2 is 2.00 bits per heavy atom. The van der Waals surface area contributed by atoms with Crippen molar-refractivity contribution < 1.29 is 16.5 Å². The van der Waals surface area contributed by atoms with Crippen molar-refractivity contribution in [3.8, 4) is 0 Å². The molecule has 1 saturated heterocycles. The fraction of sp³-hybridized carbons (Fsp3) is 1.00. The molecule has 0 aromatic carbocycles. The molecule has 1 aliphatic rings. The van der Waals surface area contributed by atoms with Crippen LogP contribution in [0.2, 0.25) is 0 Å². The predicted molar refractivity (Wildman–Crippen MR) is 55.6 cm³/mol. The van der Waals surface area contributed by atoms with Crippen molar-refractivity contribution in [1.82, 2.24) is 4.90 Å². The van der Waals surface area contributed by atoms with Gasteiger partial charge in [0.2, 0.25) is 0 Å². The summed E-state index contributed by atoms with van der Waals surface area (Å²) >= 11 is -0.472. The van der Waals surface area contributed by atoms with Crippen LogP contribution in [0.5, 0.6) is 0 Å². The average Bonchev–Trinajstić information content (AvgIpc) is 2.47. The number of halogens is 2. The minimum atomic E-state index is -0.472. The van der Waals surface area contributed by atoms with Crippen LogP contribution in [-0.2, 0) is 16.5 Å². The molecule has 1 heterocycles. The fourth-order valence-corrected chi connectivity index (χ4v) is 1.90. The number of nitrogens with two attached hydrogens (primary N) is 1. The van der Waals surface area contributed by atoms with Crippen molar-refractivity contribution in [3.63, 3.8) is 0 Å². The zero-order valence-electron chi connectivity index (χ0n) is 8.08. The van der Waals surface area contributed by atoms with Crippen molar-refractivity contribution in [2.75, 3.05) is 13.1 Å². The zero-order chi connectivity index (χ0) is 10.3. The SMILES string of the molecule is CC[C@@H]1[C@H](N)CCN1CC.[Cl][Pt][Cl]. The van der Waals surface area contributed by atoms with Gasteiger partial charge >= 0.3 is 35.3 Å². The Morgan fingerprint density at radius 3 is 2.31 bits per heavy atom. The molecule has 2 N–H and O–H groups in total. The van der Waals surface area contributed by atoms with Crippen molar-refractivity contribution in [2.45, 2.75) is 38.8 Å². The Hall–Kier alpha value is 1.19. The Bertz CT molecular complexity index is 127. The third-order valence-electron chi connectivity index (χ3n) is 2.54. The first kappa shape index (κ1) is 14.2.